The number of rotatable bonds is 3. The van der Waals surface area contributed by atoms with E-state index >= 15 is 0 Å². The van der Waals surface area contributed by atoms with Crippen molar-refractivity contribution in [3.63, 3.8) is 0 Å². The number of benzene rings is 1. The first kappa shape index (κ1) is 15.8. The van der Waals surface area contributed by atoms with Crippen LogP contribution in [0.15, 0.2) is 23.1 Å². The van der Waals surface area contributed by atoms with Gasteiger partial charge in [-0.3, -0.25) is 4.79 Å². The predicted octanol–water partition coefficient (Wildman–Crippen LogP) is 2.61. The summed E-state index contributed by atoms with van der Waals surface area (Å²) in [5.41, 5.74) is -0.551. The van der Waals surface area contributed by atoms with Crippen molar-refractivity contribution in [3.05, 3.63) is 18.2 Å². The number of nitrogens with one attached hydrogen (secondary N) is 1. The molecule has 0 heterocycles. The topological polar surface area (TPSA) is 72.5 Å². The fraction of sp³-hybridized carbons (Fsp3) is 0.417. The van der Waals surface area contributed by atoms with Crippen molar-refractivity contribution in [2.45, 2.75) is 25.7 Å². The molecule has 0 aliphatic carbocycles. The summed E-state index contributed by atoms with van der Waals surface area (Å²) in [7, 11) is 2.83. The quantitative estimate of drug-likeness (QED) is 0.871. The molecule has 5 nitrogen and oxygen atoms in total. The third-order valence-electron chi connectivity index (χ3n) is 2.38. The number of hydrogen-bond donors (Lipinski definition) is 1. The number of halogens is 1. The molecule has 0 aromatic heterocycles. The molecule has 106 valence electrons. The van der Waals surface area contributed by atoms with Gasteiger partial charge in [-0.25, -0.2) is 8.42 Å². The van der Waals surface area contributed by atoms with Crippen molar-refractivity contribution in [2.24, 2.45) is 5.41 Å². The molecular formula is C12H16ClNO4S. The molecule has 0 spiro atoms. The Morgan fingerprint density at radius 3 is 2.32 bits per heavy atom. The van der Waals surface area contributed by atoms with Crippen LogP contribution in [0.4, 0.5) is 5.69 Å². The standard InChI is InChI=1S/C12H16ClNO4S/c1-12(2,3)11(15)14-9-7-8(18-4)5-6-10(9)19(13,16)17/h5-7H,1-4H3,(H,14,15). The molecule has 0 saturated carbocycles. The summed E-state index contributed by atoms with van der Waals surface area (Å²) in [6.45, 7) is 5.16. The number of ether oxygens (including phenoxy) is 1. The van der Waals surface area contributed by atoms with Crippen molar-refractivity contribution in [2.75, 3.05) is 12.4 Å². The Balaban J connectivity index is 3.27. The molecule has 0 radical (unpaired) electrons. The molecule has 0 atom stereocenters. The van der Waals surface area contributed by atoms with E-state index < -0.39 is 14.5 Å². The van der Waals surface area contributed by atoms with Crippen LogP contribution in [-0.2, 0) is 13.8 Å². The fourth-order valence-electron chi connectivity index (χ4n) is 1.26. The van der Waals surface area contributed by atoms with Gasteiger partial charge in [-0.1, -0.05) is 20.8 Å². The minimum Gasteiger partial charge on any atom is -0.497 e. The van der Waals surface area contributed by atoms with Crippen molar-refractivity contribution in [1.82, 2.24) is 0 Å². The SMILES string of the molecule is COc1ccc(S(=O)(=O)Cl)c(NC(=O)C(C)(C)C)c1. The van der Waals surface area contributed by atoms with Crippen molar-refractivity contribution in [3.8, 4) is 5.75 Å². The molecular weight excluding hydrogens is 290 g/mol. The van der Waals surface area contributed by atoms with Gasteiger partial charge in [0.2, 0.25) is 5.91 Å². The van der Waals surface area contributed by atoms with Gasteiger partial charge in [0.1, 0.15) is 10.6 Å². The molecule has 0 unspecified atom stereocenters. The summed E-state index contributed by atoms with van der Waals surface area (Å²) in [5.74, 6) is 0.107. The summed E-state index contributed by atoms with van der Waals surface area (Å²) in [6, 6.07) is 4.17. The van der Waals surface area contributed by atoms with Gasteiger partial charge in [0.15, 0.2) is 0 Å². The number of anilines is 1. The molecule has 1 rings (SSSR count). The van der Waals surface area contributed by atoms with Crippen LogP contribution < -0.4 is 10.1 Å². The average Bonchev–Trinajstić information content (AvgIpc) is 2.26. The smallest absolute Gasteiger partial charge is 0.263 e. The molecule has 1 N–H and O–H groups in total. The Morgan fingerprint density at radius 2 is 1.89 bits per heavy atom. The Bertz CT molecular complexity index is 590. The normalized spacial score (nSPS) is 12.1. The molecule has 7 heteroatoms. The highest BCUT2D eigenvalue weighted by atomic mass is 35.7. The van der Waals surface area contributed by atoms with Gasteiger partial charge in [-0.2, -0.15) is 0 Å². The lowest BCUT2D eigenvalue weighted by molar-refractivity contribution is -0.123. The molecule has 1 aromatic carbocycles. The predicted molar refractivity (Wildman–Crippen MR) is 74.1 cm³/mol. The van der Waals surface area contributed by atoms with Crippen LogP contribution in [0.2, 0.25) is 0 Å². The molecule has 0 fully saturated rings. The third kappa shape index (κ3) is 4.11. The number of hydrogen-bond acceptors (Lipinski definition) is 4. The van der Waals surface area contributed by atoms with Crippen LogP contribution in [0.25, 0.3) is 0 Å². The first-order valence-electron chi connectivity index (χ1n) is 5.50. The zero-order chi connectivity index (χ0) is 14.8. The lowest BCUT2D eigenvalue weighted by Gasteiger charge is -2.19. The monoisotopic (exact) mass is 305 g/mol. The molecule has 0 aliphatic heterocycles. The maximum atomic E-state index is 11.9. The highest BCUT2D eigenvalue weighted by molar-refractivity contribution is 8.13. The van der Waals surface area contributed by atoms with E-state index in [9.17, 15) is 13.2 Å². The maximum absolute atomic E-state index is 11.9. The van der Waals surface area contributed by atoms with Crippen LogP contribution in [-0.4, -0.2) is 21.4 Å². The second kappa shape index (κ2) is 5.38. The Morgan fingerprint density at radius 1 is 1.32 bits per heavy atom. The van der Waals surface area contributed by atoms with Crippen LogP contribution in [0.5, 0.6) is 5.75 Å². The van der Waals surface area contributed by atoms with Crippen LogP contribution in [0, 0.1) is 5.41 Å². The lowest BCUT2D eigenvalue weighted by atomic mass is 9.95. The van der Waals surface area contributed by atoms with Gasteiger partial charge in [0.05, 0.1) is 12.8 Å². The highest BCUT2D eigenvalue weighted by Crippen LogP contribution is 2.30. The summed E-state index contributed by atoms with van der Waals surface area (Å²) in [5, 5.41) is 2.55. The van der Waals surface area contributed by atoms with Crippen LogP contribution >= 0.6 is 10.7 Å². The molecule has 0 saturated heterocycles. The Labute approximate surface area is 117 Å². The zero-order valence-corrected chi connectivity index (χ0v) is 12.7. The van der Waals surface area contributed by atoms with Gasteiger partial charge in [0, 0.05) is 22.2 Å². The van der Waals surface area contributed by atoms with Crippen molar-refractivity contribution in [1.29, 1.82) is 0 Å². The summed E-state index contributed by atoms with van der Waals surface area (Å²) in [4.78, 5) is 11.8. The van der Waals surface area contributed by atoms with Crippen molar-refractivity contribution >= 4 is 31.3 Å². The molecule has 1 aromatic rings. The lowest BCUT2D eigenvalue weighted by Crippen LogP contribution is -2.28. The fourth-order valence-corrected chi connectivity index (χ4v) is 2.26. The zero-order valence-electron chi connectivity index (χ0n) is 11.2. The second-order valence-electron chi connectivity index (χ2n) is 5.00. The van der Waals surface area contributed by atoms with E-state index in [-0.39, 0.29) is 16.5 Å². The van der Waals surface area contributed by atoms with E-state index in [2.05, 4.69) is 5.32 Å². The summed E-state index contributed by atoms with van der Waals surface area (Å²) in [6.07, 6.45) is 0. The summed E-state index contributed by atoms with van der Waals surface area (Å²) < 4.78 is 27.9. The van der Waals surface area contributed by atoms with E-state index in [0.717, 1.165) is 0 Å². The number of methoxy groups -OCH3 is 1. The first-order valence-corrected chi connectivity index (χ1v) is 7.81. The average molecular weight is 306 g/mol. The molecule has 0 bridgehead atoms. The maximum Gasteiger partial charge on any atom is 0.263 e. The molecule has 0 aliphatic rings. The van der Waals surface area contributed by atoms with Crippen LogP contribution in [0.1, 0.15) is 20.8 Å². The molecule has 1 amide bonds. The van der Waals surface area contributed by atoms with Gasteiger partial charge in [-0.05, 0) is 12.1 Å². The minimum atomic E-state index is -3.95. The number of carbonyl (C=O) groups excluding carboxylic acids is 1. The molecule has 19 heavy (non-hydrogen) atoms. The third-order valence-corrected chi connectivity index (χ3v) is 3.76. The van der Waals surface area contributed by atoms with Gasteiger partial charge < -0.3 is 10.1 Å². The first-order chi connectivity index (χ1) is 8.55. The van der Waals surface area contributed by atoms with Gasteiger partial charge in [0.25, 0.3) is 9.05 Å². The highest BCUT2D eigenvalue weighted by Gasteiger charge is 2.24. The Hall–Kier alpha value is -1.27. The Kier molecular flexibility index (Phi) is 4.47. The van der Waals surface area contributed by atoms with Crippen molar-refractivity contribution < 1.29 is 17.9 Å². The van der Waals surface area contributed by atoms with E-state index in [1.807, 2.05) is 0 Å². The summed E-state index contributed by atoms with van der Waals surface area (Å²) >= 11 is 0. The van der Waals surface area contributed by atoms with E-state index in [4.69, 9.17) is 15.4 Å². The van der Waals surface area contributed by atoms with Gasteiger partial charge >= 0.3 is 0 Å². The van der Waals surface area contributed by atoms with Crippen LogP contribution in [0.3, 0.4) is 0 Å². The second-order valence-corrected chi connectivity index (χ2v) is 7.54. The number of carbonyl (C=O) groups is 1. The minimum absolute atomic E-state index is 0.106. The van der Waals surface area contributed by atoms with E-state index in [1.54, 1.807) is 20.8 Å². The van der Waals surface area contributed by atoms with E-state index in [1.165, 1.54) is 25.3 Å². The van der Waals surface area contributed by atoms with Gasteiger partial charge in [-0.15, -0.1) is 0 Å². The number of amides is 1. The largest absolute Gasteiger partial charge is 0.497 e. The van der Waals surface area contributed by atoms with E-state index in [0.29, 0.717) is 5.75 Å².